The summed E-state index contributed by atoms with van der Waals surface area (Å²) in [7, 11) is 0. The van der Waals surface area contributed by atoms with E-state index in [0.29, 0.717) is 6.20 Å². The molecule has 0 saturated heterocycles. The van der Waals surface area contributed by atoms with Crippen molar-refractivity contribution in [2.75, 3.05) is 0 Å². The summed E-state index contributed by atoms with van der Waals surface area (Å²) in [5.74, 6) is -1.27. The van der Waals surface area contributed by atoms with Gasteiger partial charge >= 0.3 is 6.18 Å². The van der Waals surface area contributed by atoms with Crippen molar-refractivity contribution >= 4 is 6.29 Å². The fourth-order valence-corrected chi connectivity index (χ4v) is 0.690. The maximum Gasteiger partial charge on any atom is 0.417 e. The largest absolute Gasteiger partial charge is 0.417 e. The maximum absolute atomic E-state index is 12.6. The van der Waals surface area contributed by atoms with Gasteiger partial charge in [-0.15, -0.1) is 0 Å². The Balaban J connectivity index is 3.17. The lowest BCUT2D eigenvalue weighted by molar-refractivity contribution is -0.138. The molecular formula is C7H3F4NO. The highest BCUT2D eigenvalue weighted by Crippen LogP contribution is 2.28. The van der Waals surface area contributed by atoms with Crippen molar-refractivity contribution in [3.63, 3.8) is 0 Å². The molecule has 6 heteroatoms. The number of nitrogens with zero attached hydrogens (tertiary/aromatic N) is 1. The van der Waals surface area contributed by atoms with Crippen LogP contribution in [0.2, 0.25) is 0 Å². The second kappa shape index (κ2) is 3.12. The predicted molar refractivity (Wildman–Crippen MR) is 34.6 cm³/mol. The summed E-state index contributed by atoms with van der Waals surface area (Å²) in [6, 6.07) is 0.233. The Morgan fingerprint density at radius 2 is 2.00 bits per heavy atom. The molecule has 0 fully saturated rings. The van der Waals surface area contributed by atoms with Crippen LogP contribution in [0.15, 0.2) is 12.3 Å². The zero-order valence-corrected chi connectivity index (χ0v) is 6.10. The van der Waals surface area contributed by atoms with E-state index in [9.17, 15) is 22.4 Å². The number of hydrogen-bond donors (Lipinski definition) is 0. The lowest BCUT2D eigenvalue weighted by atomic mass is 10.2. The van der Waals surface area contributed by atoms with Crippen molar-refractivity contribution in [3.05, 3.63) is 29.3 Å². The molecule has 0 atom stereocenters. The Morgan fingerprint density at radius 3 is 2.38 bits per heavy atom. The van der Waals surface area contributed by atoms with E-state index >= 15 is 0 Å². The summed E-state index contributed by atoms with van der Waals surface area (Å²) in [5, 5.41) is 0. The Kier molecular flexibility index (Phi) is 2.31. The molecule has 0 aliphatic heterocycles. The monoisotopic (exact) mass is 193 g/mol. The van der Waals surface area contributed by atoms with Crippen molar-refractivity contribution < 1.29 is 22.4 Å². The van der Waals surface area contributed by atoms with Gasteiger partial charge in [0.2, 0.25) is 0 Å². The summed E-state index contributed by atoms with van der Waals surface area (Å²) >= 11 is 0. The van der Waals surface area contributed by atoms with Gasteiger partial charge in [-0.3, -0.25) is 4.79 Å². The highest BCUT2D eigenvalue weighted by molar-refractivity contribution is 5.72. The molecule has 0 radical (unpaired) electrons. The number of alkyl halides is 3. The van der Waals surface area contributed by atoms with E-state index in [-0.39, 0.29) is 12.4 Å². The minimum Gasteiger partial charge on any atom is -0.296 e. The minimum absolute atomic E-state index is 0.0511. The van der Waals surface area contributed by atoms with E-state index in [4.69, 9.17) is 0 Å². The van der Waals surface area contributed by atoms with Crippen LogP contribution < -0.4 is 0 Å². The molecule has 1 heterocycles. The van der Waals surface area contributed by atoms with Crippen molar-refractivity contribution in [2.24, 2.45) is 0 Å². The zero-order valence-electron chi connectivity index (χ0n) is 6.10. The SMILES string of the molecule is O=Cc1ncc(C(F)(F)F)cc1F. The normalized spacial score (nSPS) is 11.4. The summed E-state index contributed by atoms with van der Waals surface area (Å²) in [6.45, 7) is 0. The number of aromatic nitrogens is 1. The number of aldehydes is 1. The summed E-state index contributed by atoms with van der Waals surface area (Å²) in [4.78, 5) is 13.0. The van der Waals surface area contributed by atoms with E-state index in [1.165, 1.54) is 0 Å². The van der Waals surface area contributed by atoms with Crippen LogP contribution in [0.5, 0.6) is 0 Å². The van der Waals surface area contributed by atoms with Gasteiger partial charge in [-0.1, -0.05) is 0 Å². The third-order valence-electron chi connectivity index (χ3n) is 1.31. The van der Waals surface area contributed by atoms with Gasteiger partial charge in [-0.2, -0.15) is 13.2 Å². The van der Waals surface area contributed by atoms with Gasteiger partial charge in [-0.25, -0.2) is 9.37 Å². The predicted octanol–water partition coefficient (Wildman–Crippen LogP) is 2.05. The molecule has 0 aliphatic rings. The van der Waals surface area contributed by atoms with Gasteiger partial charge in [-0.05, 0) is 6.07 Å². The van der Waals surface area contributed by atoms with Crippen LogP contribution in [0.4, 0.5) is 17.6 Å². The molecular weight excluding hydrogens is 190 g/mol. The van der Waals surface area contributed by atoms with Crippen LogP contribution in [-0.4, -0.2) is 11.3 Å². The van der Waals surface area contributed by atoms with Gasteiger partial charge in [0.05, 0.1) is 5.56 Å². The molecule has 0 unspecified atom stereocenters. The highest BCUT2D eigenvalue weighted by atomic mass is 19.4. The molecule has 1 aromatic heterocycles. The molecule has 0 N–H and O–H groups in total. The molecule has 0 amide bonds. The van der Waals surface area contributed by atoms with Crippen LogP contribution in [0.25, 0.3) is 0 Å². The second-order valence-corrected chi connectivity index (χ2v) is 2.21. The van der Waals surface area contributed by atoms with Crippen molar-refractivity contribution in [1.29, 1.82) is 0 Å². The van der Waals surface area contributed by atoms with Gasteiger partial charge in [0.1, 0.15) is 5.69 Å². The van der Waals surface area contributed by atoms with Crippen LogP contribution in [0.1, 0.15) is 16.1 Å². The summed E-state index contributed by atoms with van der Waals surface area (Å²) in [6.07, 6.45) is -4.18. The molecule has 0 spiro atoms. The molecule has 1 aromatic rings. The molecule has 1 rings (SSSR count). The first-order valence-corrected chi connectivity index (χ1v) is 3.13. The Morgan fingerprint density at radius 1 is 1.38 bits per heavy atom. The highest BCUT2D eigenvalue weighted by Gasteiger charge is 2.31. The molecule has 0 bridgehead atoms. The van der Waals surface area contributed by atoms with Crippen molar-refractivity contribution in [3.8, 4) is 0 Å². The molecule has 0 aromatic carbocycles. The van der Waals surface area contributed by atoms with E-state index in [1.807, 2.05) is 0 Å². The summed E-state index contributed by atoms with van der Waals surface area (Å²) < 4.78 is 48.3. The number of carbonyl (C=O) groups excluding carboxylic acids is 1. The maximum atomic E-state index is 12.6. The first-order chi connectivity index (χ1) is 5.95. The average molecular weight is 193 g/mol. The Bertz CT molecular complexity index is 334. The quantitative estimate of drug-likeness (QED) is 0.504. The van der Waals surface area contributed by atoms with Gasteiger partial charge in [0.15, 0.2) is 12.1 Å². The van der Waals surface area contributed by atoms with E-state index in [2.05, 4.69) is 4.98 Å². The zero-order chi connectivity index (χ0) is 10.1. The topological polar surface area (TPSA) is 30.0 Å². The summed E-state index contributed by atoms with van der Waals surface area (Å²) in [5.41, 5.74) is -1.84. The van der Waals surface area contributed by atoms with E-state index in [1.54, 1.807) is 0 Å². The number of halogens is 4. The second-order valence-electron chi connectivity index (χ2n) is 2.21. The first-order valence-electron chi connectivity index (χ1n) is 3.13. The molecule has 2 nitrogen and oxygen atoms in total. The van der Waals surface area contributed by atoms with E-state index < -0.39 is 23.3 Å². The number of rotatable bonds is 1. The Labute approximate surface area is 70.2 Å². The molecule has 0 saturated carbocycles. The molecule has 0 aliphatic carbocycles. The smallest absolute Gasteiger partial charge is 0.296 e. The van der Waals surface area contributed by atoms with Crippen LogP contribution in [0, 0.1) is 5.82 Å². The fraction of sp³-hybridized carbons (Fsp3) is 0.143. The van der Waals surface area contributed by atoms with Crippen molar-refractivity contribution in [2.45, 2.75) is 6.18 Å². The van der Waals surface area contributed by atoms with Gasteiger partial charge in [0, 0.05) is 6.20 Å². The fourth-order valence-electron chi connectivity index (χ4n) is 0.690. The molecule has 13 heavy (non-hydrogen) atoms. The Hall–Kier alpha value is -1.46. The van der Waals surface area contributed by atoms with Crippen LogP contribution in [0.3, 0.4) is 0 Å². The van der Waals surface area contributed by atoms with Gasteiger partial charge < -0.3 is 0 Å². The lowest BCUT2D eigenvalue weighted by Crippen LogP contribution is -2.07. The number of hydrogen-bond acceptors (Lipinski definition) is 2. The lowest BCUT2D eigenvalue weighted by Gasteiger charge is -2.05. The van der Waals surface area contributed by atoms with Crippen molar-refractivity contribution in [1.82, 2.24) is 4.98 Å². The van der Waals surface area contributed by atoms with Crippen LogP contribution in [-0.2, 0) is 6.18 Å². The first kappa shape index (κ1) is 9.63. The van der Waals surface area contributed by atoms with Crippen LogP contribution >= 0.6 is 0 Å². The minimum atomic E-state index is -4.64. The number of carbonyl (C=O) groups is 1. The van der Waals surface area contributed by atoms with Gasteiger partial charge in [0.25, 0.3) is 0 Å². The standard InChI is InChI=1S/C7H3F4NO/c8-5-1-4(7(9,10)11)2-12-6(5)3-13/h1-3H. The average Bonchev–Trinajstić information content (AvgIpc) is 2.02. The van der Waals surface area contributed by atoms with E-state index in [0.717, 1.165) is 0 Å². The number of pyridine rings is 1. The third-order valence-corrected chi connectivity index (χ3v) is 1.31. The third kappa shape index (κ3) is 2.01. The molecule has 70 valence electrons.